The quantitative estimate of drug-likeness (QED) is 0.524. The van der Waals surface area contributed by atoms with E-state index in [0.29, 0.717) is 38.1 Å². The molecule has 0 radical (unpaired) electrons. The molecule has 0 bridgehead atoms. The number of benzene rings is 1. The summed E-state index contributed by atoms with van der Waals surface area (Å²) in [6.07, 6.45) is 7.85. The summed E-state index contributed by atoms with van der Waals surface area (Å²) in [5.41, 5.74) is 2.42. The first-order chi connectivity index (χ1) is 19.4. The lowest BCUT2D eigenvalue weighted by molar-refractivity contribution is -0.138. The van der Waals surface area contributed by atoms with Crippen LogP contribution in [-0.2, 0) is 16.0 Å². The minimum absolute atomic E-state index is 0.0919. The van der Waals surface area contributed by atoms with Crippen LogP contribution in [0.15, 0.2) is 30.9 Å². The van der Waals surface area contributed by atoms with Crippen LogP contribution in [0.3, 0.4) is 0 Å². The third-order valence-electron chi connectivity index (χ3n) is 10.0. The van der Waals surface area contributed by atoms with Crippen molar-refractivity contribution in [3.8, 4) is 11.8 Å². The van der Waals surface area contributed by atoms with E-state index in [1.807, 2.05) is 4.90 Å². The number of piperazine rings is 1. The number of amides is 1. The van der Waals surface area contributed by atoms with Crippen LogP contribution in [-0.4, -0.2) is 96.7 Å². The number of nitrogens with zero attached hydrogens (tertiary/aromatic N) is 4. The van der Waals surface area contributed by atoms with Gasteiger partial charge in [-0.25, -0.2) is 0 Å². The molecule has 6 rings (SSSR count). The molecule has 4 fully saturated rings. The third kappa shape index (κ3) is 5.40. The predicted octanol–water partition coefficient (Wildman–Crippen LogP) is 2.36. The molecule has 0 aromatic heterocycles. The highest BCUT2D eigenvalue weighted by Crippen LogP contribution is 2.47. The van der Waals surface area contributed by atoms with Gasteiger partial charge in [0, 0.05) is 50.5 Å². The second kappa shape index (κ2) is 11.4. The smallest absolute Gasteiger partial charge is 0.246 e. The molecule has 9 nitrogen and oxygen atoms in total. The van der Waals surface area contributed by atoms with E-state index in [1.54, 1.807) is 0 Å². The van der Waals surface area contributed by atoms with Crippen LogP contribution in [0.4, 0.5) is 0 Å². The molecule has 40 heavy (non-hydrogen) atoms. The molecule has 7 atom stereocenters. The van der Waals surface area contributed by atoms with Gasteiger partial charge in [-0.2, -0.15) is 5.26 Å². The summed E-state index contributed by atoms with van der Waals surface area (Å²) in [5.74, 6) is 1.32. The molecule has 216 valence electrons. The minimum atomic E-state index is -0.260. The molecule has 9 heteroatoms. The normalized spacial score (nSPS) is 36.1. The van der Waals surface area contributed by atoms with E-state index in [-0.39, 0.29) is 36.1 Å². The molecule has 3 saturated heterocycles. The molecule has 1 aromatic rings. The summed E-state index contributed by atoms with van der Waals surface area (Å²) >= 11 is 0. The van der Waals surface area contributed by atoms with E-state index in [9.17, 15) is 10.1 Å². The van der Waals surface area contributed by atoms with Crippen molar-refractivity contribution >= 4 is 5.91 Å². The Bertz CT molecular complexity index is 1150. The van der Waals surface area contributed by atoms with Gasteiger partial charge in [0.1, 0.15) is 11.4 Å². The number of nitriles is 1. The van der Waals surface area contributed by atoms with Crippen molar-refractivity contribution in [2.24, 2.45) is 5.92 Å². The van der Waals surface area contributed by atoms with Crippen molar-refractivity contribution in [3.63, 3.8) is 0 Å². The monoisotopic (exact) mass is 548 g/mol. The van der Waals surface area contributed by atoms with Crippen molar-refractivity contribution in [1.82, 2.24) is 25.3 Å². The van der Waals surface area contributed by atoms with Crippen LogP contribution in [0.25, 0.3) is 0 Å². The fourth-order valence-corrected chi connectivity index (χ4v) is 7.87. The summed E-state index contributed by atoms with van der Waals surface area (Å²) in [6, 6.07) is 9.39. The van der Waals surface area contributed by atoms with Crippen molar-refractivity contribution in [2.75, 3.05) is 39.8 Å². The van der Waals surface area contributed by atoms with Gasteiger partial charge in [0.2, 0.25) is 5.91 Å². The Morgan fingerprint density at radius 3 is 2.92 bits per heavy atom. The Kier molecular flexibility index (Phi) is 7.90. The maximum atomic E-state index is 12.5. The van der Waals surface area contributed by atoms with Gasteiger partial charge in [0.25, 0.3) is 0 Å². The highest BCUT2D eigenvalue weighted by Gasteiger charge is 2.52. The average molecular weight is 549 g/mol. The van der Waals surface area contributed by atoms with Gasteiger partial charge in [-0.3, -0.25) is 20.3 Å². The highest BCUT2D eigenvalue weighted by molar-refractivity contribution is 5.87. The number of hydrogen-bond donors (Lipinski definition) is 2. The van der Waals surface area contributed by atoms with Crippen LogP contribution < -0.4 is 15.4 Å². The van der Waals surface area contributed by atoms with E-state index in [2.05, 4.69) is 65.3 Å². The summed E-state index contributed by atoms with van der Waals surface area (Å²) in [6.45, 7) is 9.66. The van der Waals surface area contributed by atoms with Crippen molar-refractivity contribution < 1.29 is 14.3 Å². The number of fused-ring (bicyclic) bond motifs is 2. The molecule has 4 heterocycles. The number of hydrogen-bond acceptors (Lipinski definition) is 8. The van der Waals surface area contributed by atoms with Gasteiger partial charge in [-0.1, -0.05) is 24.3 Å². The maximum absolute atomic E-state index is 12.5. The van der Waals surface area contributed by atoms with Gasteiger partial charge in [0.05, 0.1) is 31.3 Å². The molecule has 2 N–H and O–H groups in total. The van der Waals surface area contributed by atoms with Crippen molar-refractivity contribution in [3.05, 3.63) is 42.0 Å². The minimum Gasteiger partial charge on any atom is -0.487 e. The lowest BCUT2D eigenvalue weighted by Gasteiger charge is -2.54. The van der Waals surface area contributed by atoms with Crippen LogP contribution in [0, 0.1) is 24.2 Å². The van der Waals surface area contributed by atoms with E-state index in [0.717, 1.165) is 44.5 Å². The van der Waals surface area contributed by atoms with E-state index in [4.69, 9.17) is 9.47 Å². The predicted molar refractivity (Wildman–Crippen MR) is 152 cm³/mol. The van der Waals surface area contributed by atoms with Gasteiger partial charge >= 0.3 is 0 Å². The second-order valence-electron chi connectivity index (χ2n) is 12.6. The molecule has 4 aliphatic heterocycles. The first kappa shape index (κ1) is 27.7. The second-order valence-corrected chi connectivity index (χ2v) is 12.6. The summed E-state index contributed by atoms with van der Waals surface area (Å²) in [5, 5.41) is 17.2. The summed E-state index contributed by atoms with van der Waals surface area (Å²) in [4.78, 5) is 19.2. The number of likely N-dealkylation sites (N-methyl/N-ethyl adjacent to an activating group) is 1. The van der Waals surface area contributed by atoms with E-state index < -0.39 is 0 Å². The topological polar surface area (TPSA) is 93.1 Å². The lowest BCUT2D eigenvalue weighted by atomic mass is 9.71. The number of rotatable bonds is 6. The number of carbonyl (C=O) groups is 1. The molecular formula is C31H44N6O3. The molecule has 6 unspecified atom stereocenters. The van der Waals surface area contributed by atoms with Gasteiger partial charge in [0.15, 0.2) is 6.35 Å². The zero-order valence-corrected chi connectivity index (χ0v) is 24.0. The van der Waals surface area contributed by atoms with Gasteiger partial charge in [-0.05, 0) is 63.9 Å². The van der Waals surface area contributed by atoms with Gasteiger partial charge < -0.3 is 19.3 Å². The maximum Gasteiger partial charge on any atom is 0.246 e. The summed E-state index contributed by atoms with van der Waals surface area (Å²) in [7, 11) is 2.18. The molecule has 1 saturated carbocycles. The standard InChI is InChI=1S/C31H44N6O3/c1-4-28(38)37-15-14-36(19-23(37)10-12-32)29-25-9-11-31(17-22-16-21(2)7-8-27(22)40-31)18-26(25)33-30(34-29)39-20-24-6-5-13-35(24)3/h4,7-8,16,23-26,29-30,33-34H,1,5-6,9-11,13-15,17-20H2,2-3H3/t23?,24?,25?,26?,29?,30?,31-/m1/s1. The molecule has 1 amide bonds. The zero-order chi connectivity index (χ0) is 27.9. The first-order valence-electron chi connectivity index (χ1n) is 15.0. The number of likely N-dealkylation sites (tertiary alicyclic amines) is 1. The Morgan fingerprint density at radius 1 is 1.27 bits per heavy atom. The van der Waals surface area contributed by atoms with Crippen LogP contribution in [0.5, 0.6) is 5.75 Å². The van der Waals surface area contributed by atoms with Crippen LogP contribution in [0.1, 0.15) is 49.7 Å². The zero-order valence-electron chi connectivity index (χ0n) is 24.0. The lowest BCUT2D eigenvalue weighted by Crippen LogP contribution is -2.73. The number of ether oxygens (including phenoxy) is 2. The van der Waals surface area contributed by atoms with E-state index >= 15 is 0 Å². The fraction of sp³-hybridized carbons (Fsp3) is 0.677. The fourth-order valence-electron chi connectivity index (χ4n) is 7.87. The SMILES string of the molecule is C=CC(=O)N1CCN(C2NC(OCC3CCCN3C)NC3C[C@@]4(CCC32)Cc2cc(C)ccc2O4)CC1CC#N. The Balaban J connectivity index is 1.20. The van der Waals surface area contributed by atoms with E-state index in [1.165, 1.54) is 30.0 Å². The molecule has 1 spiro atoms. The van der Waals surface area contributed by atoms with Crippen molar-refractivity contribution in [2.45, 2.75) is 88.1 Å². The molecule has 1 aliphatic carbocycles. The molecule has 1 aromatic carbocycles. The van der Waals surface area contributed by atoms with Crippen molar-refractivity contribution in [1.29, 1.82) is 5.26 Å². The first-order valence-corrected chi connectivity index (χ1v) is 15.0. The Hall–Kier alpha value is -2.48. The number of carbonyl (C=O) groups excluding carboxylic acids is 1. The number of aryl methyl sites for hydroxylation is 1. The highest BCUT2D eigenvalue weighted by atomic mass is 16.5. The van der Waals surface area contributed by atoms with Crippen LogP contribution >= 0.6 is 0 Å². The average Bonchev–Trinajstić information content (AvgIpc) is 3.52. The largest absolute Gasteiger partial charge is 0.487 e. The number of nitrogens with one attached hydrogen (secondary N) is 2. The Labute approximate surface area is 238 Å². The molecular weight excluding hydrogens is 504 g/mol. The van der Waals surface area contributed by atoms with Crippen LogP contribution in [0.2, 0.25) is 0 Å². The summed E-state index contributed by atoms with van der Waals surface area (Å²) < 4.78 is 13.2. The Morgan fingerprint density at radius 2 is 2.15 bits per heavy atom. The molecule has 5 aliphatic rings. The van der Waals surface area contributed by atoms with Gasteiger partial charge in [-0.15, -0.1) is 0 Å². The third-order valence-corrected chi connectivity index (χ3v) is 10.0.